The molecule has 0 unspecified atom stereocenters. The van der Waals surface area contributed by atoms with Gasteiger partial charge in [-0.3, -0.25) is 0 Å². The molecule has 0 spiro atoms. The van der Waals surface area contributed by atoms with E-state index in [2.05, 4.69) is 20.8 Å². The van der Waals surface area contributed by atoms with Crippen molar-refractivity contribution in [3.8, 4) is 0 Å². The zero-order valence-electron chi connectivity index (χ0n) is 13.7. The van der Waals surface area contributed by atoms with Crippen LogP contribution in [0.1, 0.15) is 72.6 Å². The van der Waals surface area contributed by atoms with Crippen LogP contribution in [0.3, 0.4) is 0 Å². The Kier molecular flexibility index (Phi) is 3.31. The van der Waals surface area contributed by atoms with Crippen LogP contribution in [0.5, 0.6) is 0 Å². The molecule has 0 saturated heterocycles. The Hall–Kier alpha value is -0.0800. The van der Waals surface area contributed by atoms with Crippen LogP contribution in [-0.2, 0) is 0 Å². The highest BCUT2D eigenvalue weighted by Gasteiger charge is 2.58. The maximum Gasteiger partial charge on any atom is 0.0880 e. The maximum absolute atomic E-state index is 10.6. The number of hydrogen-bond donors (Lipinski definition) is 2. The van der Waals surface area contributed by atoms with E-state index in [0.717, 1.165) is 25.2 Å². The van der Waals surface area contributed by atoms with Crippen LogP contribution in [0.2, 0.25) is 0 Å². The first-order valence-electron chi connectivity index (χ1n) is 8.59. The predicted molar refractivity (Wildman–Crippen MR) is 81.3 cm³/mol. The summed E-state index contributed by atoms with van der Waals surface area (Å²) in [6, 6.07) is 0. The van der Waals surface area contributed by atoms with Gasteiger partial charge in [0.1, 0.15) is 0 Å². The average Bonchev–Trinajstić information content (AvgIpc) is 2.33. The first kappa shape index (κ1) is 14.8. The van der Waals surface area contributed by atoms with Gasteiger partial charge in [-0.2, -0.15) is 0 Å². The van der Waals surface area contributed by atoms with Crippen molar-refractivity contribution in [2.24, 2.45) is 28.6 Å². The lowest BCUT2D eigenvalue weighted by molar-refractivity contribution is -0.193. The molecule has 0 aromatic carbocycles. The maximum atomic E-state index is 10.6. The van der Waals surface area contributed by atoms with E-state index in [-0.39, 0.29) is 0 Å². The van der Waals surface area contributed by atoms with E-state index in [1.54, 1.807) is 0 Å². The van der Waals surface area contributed by atoms with Crippen molar-refractivity contribution in [1.29, 1.82) is 0 Å². The molecule has 116 valence electrons. The van der Waals surface area contributed by atoms with E-state index in [1.807, 2.05) is 6.92 Å². The van der Waals surface area contributed by atoms with Crippen molar-refractivity contribution >= 4 is 0 Å². The monoisotopic (exact) mass is 280 g/mol. The number of aliphatic hydroxyl groups is 2. The first-order valence-corrected chi connectivity index (χ1v) is 8.59. The van der Waals surface area contributed by atoms with Gasteiger partial charge in [0.15, 0.2) is 0 Å². The summed E-state index contributed by atoms with van der Waals surface area (Å²) in [6.45, 7) is 9.21. The van der Waals surface area contributed by atoms with Gasteiger partial charge in [0.2, 0.25) is 0 Å². The lowest BCUT2D eigenvalue weighted by Gasteiger charge is -2.62. The molecule has 0 amide bonds. The zero-order chi connectivity index (χ0) is 14.8. The highest BCUT2D eigenvalue weighted by molar-refractivity contribution is 5.08. The van der Waals surface area contributed by atoms with E-state index in [0.29, 0.717) is 22.7 Å². The summed E-state index contributed by atoms with van der Waals surface area (Å²) in [5.74, 6) is 1.71. The quantitative estimate of drug-likeness (QED) is 0.709. The summed E-state index contributed by atoms with van der Waals surface area (Å²) >= 11 is 0. The molecule has 0 aliphatic heterocycles. The minimum absolute atomic E-state index is 0.314. The van der Waals surface area contributed by atoms with E-state index in [9.17, 15) is 10.2 Å². The fourth-order valence-corrected chi connectivity index (χ4v) is 6.36. The average molecular weight is 280 g/mol. The van der Waals surface area contributed by atoms with Crippen LogP contribution in [0.4, 0.5) is 0 Å². The van der Waals surface area contributed by atoms with Gasteiger partial charge in [0.25, 0.3) is 0 Å². The summed E-state index contributed by atoms with van der Waals surface area (Å²) in [7, 11) is 0. The highest BCUT2D eigenvalue weighted by atomic mass is 16.3. The predicted octanol–water partition coefficient (Wildman–Crippen LogP) is 3.75. The second-order valence-electron chi connectivity index (χ2n) is 9.09. The molecule has 2 heteroatoms. The summed E-state index contributed by atoms with van der Waals surface area (Å²) in [5.41, 5.74) is -0.0421. The molecule has 0 radical (unpaired) electrons. The molecule has 0 heterocycles. The molecule has 3 aliphatic rings. The van der Waals surface area contributed by atoms with Crippen LogP contribution in [0.15, 0.2) is 0 Å². The van der Waals surface area contributed by atoms with Crippen molar-refractivity contribution in [2.75, 3.05) is 0 Å². The van der Waals surface area contributed by atoms with Crippen LogP contribution in [0, 0.1) is 28.6 Å². The van der Waals surface area contributed by atoms with Gasteiger partial charge in [0.05, 0.1) is 11.7 Å². The summed E-state index contributed by atoms with van der Waals surface area (Å²) in [5, 5.41) is 21.0. The fourth-order valence-electron chi connectivity index (χ4n) is 6.36. The van der Waals surface area contributed by atoms with Crippen molar-refractivity contribution in [1.82, 2.24) is 0 Å². The van der Waals surface area contributed by atoms with Gasteiger partial charge >= 0.3 is 0 Å². The van der Waals surface area contributed by atoms with Crippen LogP contribution in [0.25, 0.3) is 0 Å². The molecule has 3 fully saturated rings. The molecule has 0 bridgehead atoms. The Morgan fingerprint density at radius 1 is 0.900 bits per heavy atom. The molecule has 0 aromatic rings. The minimum atomic E-state index is -0.867. The normalized spacial score (nSPS) is 54.9. The first-order chi connectivity index (χ1) is 9.18. The third kappa shape index (κ3) is 1.98. The SMILES string of the molecule is CC1(C)CCC[C@]2(C)[C@H]3CC[C@@](C)(O)[C@@H](O)[C@@H]3CC[C@@H]12. The van der Waals surface area contributed by atoms with Crippen LogP contribution >= 0.6 is 0 Å². The van der Waals surface area contributed by atoms with Crippen LogP contribution < -0.4 is 0 Å². The fraction of sp³-hybridized carbons (Fsp3) is 1.00. The van der Waals surface area contributed by atoms with Gasteiger partial charge in [-0.1, -0.05) is 27.2 Å². The van der Waals surface area contributed by atoms with Crippen LogP contribution in [-0.4, -0.2) is 21.9 Å². The Morgan fingerprint density at radius 3 is 2.30 bits per heavy atom. The van der Waals surface area contributed by atoms with Gasteiger partial charge in [-0.15, -0.1) is 0 Å². The topological polar surface area (TPSA) is 40.5 Å². The van der Waals surface area contributed by atoms with Crippen molar-refractivity contribution in [2.45, 2.75) is 84.3 Å². The Morgan fingerprint density at radius 2 is 1.60 bits per heavy atom. The second-order valence-corrected chi connectivity index (χ2v) is 9.09. The van der Waals surface area contributed by atoms with Gasteiger partial charge in [-0.05, 0) is 74.0 Å². The Labute approximate surface area is 124 Å². The number of rotatable bonds is 0. The Bertz CT molecular complexity index is 387. The standard InChI is InChI=1S/C18H32O2/c1-16(2)9-5-10-17(3)13-8-11-18(4,20)15(19)12(13)6-7-14(16)17/h12-15,19-20H,5-11H2,1-4H3/t12-,13+,14+,15+,17-,18-/m1/s1. The largest absolute Gasteiger partial charge is 0.390 e. The minimum Gasteiger partial charge on any atom is -0.390 e. The third-order valence-corrected chi connectivity index (χ3v) is 7.43. The lowest BCUT2D eigenvalue weighted by atomic mass is 9.43. The summed E-state index contributed by atoms with van der Waals surface area (Å²) < 4.78 is 0. The van der Waals surface area contributed by atoms with Gasteiger partial charge < -0.3 is 10.2 Å². The van der Waals surface area contributed by atoms with Crippen molar-refractivity contribution in [3.63, 3.8) is 0 Å². The molecule has 3 rings (SSSR count). The van der Waals surface area contributed by atoms with E-state index in [1.165, 1.54) is 25.7 Å². The Balaban J connectivity index is 1.92. The highest BCUT2D eigenvalue weighted by Crippen LogP contribution is 2.64. The molecule has 0 aromatic heterocycles. The van der Waals surface area contributed by atoms with E-state index >= 15 is 0 Å². The van der Waals surface area contributed by atoms with Gasteiger partial charge in [0, 0.05) is 0 Å². The van der Waals surface area contributed by atoms with Gasteiger partial charge in [-0.25, -0.2) is 0 Å². The molecule has 20 heavy (non-hydrogen) atoms. The lowest BCUT2D eigenvalue weighted by Crippen LogP contribution is -2.60. The van der Waals surface area contributed by atoms with Crippen molar-refractivity contribution < 1.29 is 10.2 Å². The number of hydrogen-bond acceptors (Lipinski definition) is 2. The van der Waals surface area contributed by atoms with E-state index in [4.69, 9.17) is 0 Å². The molecule has 2 nitrogen and oxygen atoms in total. The van der Waals surface area contributed by atoms with E-state index < -0.39 is 11.7 Å². The molecule has 2 N–H and O–H groups in total. The molecule has 3 saturated carbocycles. The zero-order valence-corrected chi connectivity index (χ0v) is 13.7. The molecular weight excluding hydrogens is 248 g/mol. The smallest absolute Gasteiger partial charge is 0.0880 e. The second kappa shape index (κ2) is 4.46. The molecule has 3 aliphatic carbocycles. The molecule has 6 atom stereocenters. The van der Waals surface area contributed by atoms with Crippen molar-refractivity contribution in [3.05, 3.63) is 0 Å². The summed E-state index contributed by atoms with van der Waals surface area (Å²) in [6.07, 6.45) is 7.67. The number of aliphatic hydroxyl groups excluding tert-OH is 1. The molecular formula is C18H32O2. The third-order valence-electron chi connectivity index (χ3n) is 7.43. The number of fused-ring (bicyclic) bond motifs is 3. The summed E-state index contributed by atoms with van der Waals surface area (Å²) in [4.78, 5) is 0.